The van der Waals surface area contributed by atoms with Crippen molar-refractivity contribution in [2.45, 2.75) is 25.3 Å². The smallest absolute Gasteiger partial charge is 0.240 e. The summed E-state index contributed by atoms with van der Waals surface area (Å²) in [5.41, 5.74) is 5.20. The van der Waals surface area contributed by atoms with Crippen LogP contribution in [0.15, 0.2) is 0 Å². The average molecular weight is 202 g/mol. The molecule has 1 aliphatic heterocycles. The number of likely N-dealkylation sites (tertiary alicyclic amines) is 1. The maximum Gasteiger partial charge on any atom is 0.240 e. The summed E-state index contributed by atoms with van der Waals surface area (Å²) in [6, 6.07) is -0.451. The number of primary amides is 1. The second-order valence-electron chi connectivity index (χ2n) is 3.12. The van der Waals surface area contributed by atoms with Crippen LogP contribution in [0.3, 0.4) is 0 Å². The Morgan fingerprint density at radius 3 is 2.77 bits per heavy atom. The van der Waals surface area contributed by atoms with Gasteiger partial charge in [0.25, 0.3) is 0 Å². The molecule has 0 aromatic rings. The average Bonchev–Trinajstić information content (AvgIpc) is 2.47. The number of nitrogens with two attached hydrogens (primary N) is 1. The fraction of sp³-hybridized carbons (Fsp3) is 0.750. The van der Waals surface area contributed by atoms with Crippen LogP contribution in [0.4, 0.5) is 0 Å². The Hall–Kier alpha value is -0.710. The molecule has 4 nitrogen and oxygen atoms in total. The fourth-order valence-corrected chi connectivity index (χ4v) is 1.82. The molecule has 0 radical (unpaired) electrons. The summed E-state index contributed by atoms with van der Waals surface area (Å²) in [6.07, 6.45) is 1.91. The maximum atomic E-state index is 11.3. The highest BCUT2D eigenvalue weighted by atomic mass is 32.1. The molecule has 74 valence electrons. The van der Waals surface area contributed by atoms with E-state index in [1.165, 1.54) is 0 Å². The van der Waals surface area contributed by atoms with Gasteiger partial charge in [-0.1, -0.05) is 0 Å². The lowest BCUT2D eigenvalue weighted by atomic mass is 10.2. The predicted octanol–water partition coefficient (Wildman–Crippen LogP) is -0.217. The molecule has 1 rings (SSSR count). The number of hydrogen-bond donors (Lipinski definition) is 2. The van der Waals surface area contributed by atoms with Crippen LogP contribution in [-0.4, -0.2) is 35.1 Å². The maximum absolute atomic E-state index is 11.3. The van der Waals surface area contributed by atoms with Crippen molar-refractivity contribution in [3.8, 4) is 0 Å². The Morgan fingerprint density at radius 2 is 2.38 bits per heavy atom. The van der Waals surface area contributed by atoms with Crippen LogP contribution < -0.4 is 5.73 Å². The van der Waals surface area contributed by atoms with Crippen molar-refractivity contribution in [3.63, 3.8) is 0 Å². The van der Waals surface area contributed by atoms with Crippen LogP contribution in [0, 0.1) is 0 Å². The highest BCUT2D eigenvalue weighted by molar-refractivity contribution is 7.80. The molecular formula is C8H14N2O2S. The van der Waals surface area contributed by atoms with E-state index < -0.39 is 11.9 Å². The minimum atomic E-state index is -0.451. The fourth-order valence-electron chi connectivity index (χ4n) is 1.57. The van der Waals surface area contributed by atoms with Gasteiger partial charge in [-0.05, 0) is 18.6 Å². The van der Waals surface area contributed by atoms with Gasteiger partial charge in [0.2, 0.25) is 11.8 Å². The van der Waals surface area contributed by atoms with Crippen LogP contribution in [0.1, 0.15) is 19.3 Å². The molecule has 1 aliphatic rings. The topological polar surface area (TPSA) is 63.4 Å². The van der Waals surface area contributed by atoms with E-state index in [0.29, 0.717) is 25.1 Å². The summed E-state index contributed by atoms with van der Waals surface area (Å²) in [4.78, 5) is 23.9. The molecule has 0 bridgehead atoms. The number of carbonyl (C=O) groups excluding carboxylic acids is 2. The van der Waals surface area contributed by atoms with E-state index >= 15 is 0 Å². The molecule has 1 saturated heterocycles. The van der Waals surface area contributed by atoms with Crippen molar-refractivity contribution >= 4 is 24.4 Å². The third kappa shape index (κ3) is 2.37. The predicted molar refractivity (Wildman–Crippen MR) is 52.4 cm³/mol. The molecule has 0 unspecified atom stereocenters. The normalized spacial score (nSPS) is 19.2. The first-order valence-electron chi connectivity index (χ1n) is 4.36. The Morgan fingerprint density at radius 1 is 1.69 bits per heavy atom. The number of amides is 2. The van der Waals surface area contributed by atoms with E-state index in [2.05, 4.69) is 12.6 Å². The lowest BCUT2D eigenvalue weighted by Gasteiger charge is -2.24. The van der Waals surface area contributed by atoms with Crippen molar-refractivity contribution in [2.24, 2.45) is 5.73 Å². The Kier molecular flexibility index (Phi) is 3.59. The summed E-state index contributed by atoms with van der Waals surface area (Å²) in [5, 5.41) is 0. The molecule has 2 N–H and O–H groups in total. The molecule has 0 aromatic heterocycles. The highest BCUT2D eigenvalue weighted by Crippen LogP contribution is 2.15. The number of thiol groups is 1. The summed E-state index contributed by atoms with van der Waals surface area (Å²) in [6.45, 7) is 0.653. The van der Waals surface area contributed by atoms with Gasteiger partial charge < -0.3 is 10.6 Å². The van der Waals surface area contributed by atoms with E-state index in [1.54, 1.807) is 4.90 Å². The molecule has 5 heteroatoms. The number of rotatable bonds is 4. The first-order chi connectivity index (χ1) is 6.16. The molecule has 0 aromatic carbocycles. The third-order valence-electron chi connectivity index (χ3n) is 2.22. The molecule has 0 aliphatic carbocycles. The van der Waals surface area contributed by atoms with Gasteiger partial charge in [0, 0.05) is 13.0 Å². The second kappa shape index (κ2) is 4.50. The van der Waals surface area contributed by atoms with E-state index in [-0.39, 0.29) is 5.91 Å². The Labute approximate surface area is 82.9 Å². The van der Waals surface area contributed by atoms with E-state index in [1.807, 2.05) is 0 Å². The number of nitrogens with zero attached hydrogens (tertiary/aromatic N) is 1. The quantitative estimate of drug-likeness (QED) is 0.619. The summed E-state index contributed by atoms with van der Waals surface area (Å²) in [5.74, 6) is 0.173. The molecule has 13 heavy (non-hydrogen) atoms. The first-order valence-corrected chi connectivity index (χ1v) is 4.99. The number of carbonyl (C=O) groups is 2. The van der Waals surface area contributed by atoms with Crippen molar-refractivity contribution in [2.75, 3.05) is 12.3 Å². The van der Waals surface area contributed by atoms with Crippen molar-refractivity contribution in [3.05, 3.63) is 0 Å². The van der Waals surface area contributed by atoms with Crippen LogP contribution >= 0.6 is 12.6 Å². The molecule has 2 amide bonds. The van der Waals surface area contributed by atoms with Crippen LogP contribution in [-0.2, 0) is 9.59 Å². The van der Waals surface area contributed by atoms with Gasteiger partial charge in [0.15, 0.2) is 0 Å². The largest absolute Gasteiger partial charge is 0.368 e. The van der Waals surface area contributed by atoms with Gasteiger partial charge in [-0.3, -0.25) is 9.59 Å². The van der Waals surface area contributed by atoms with Crippen molar-refractivity contribution < 1.29 is 9.59 Å². The third-order valence-corrected chi connectivity index (χ3v) is 2.48. The minimum Gasteiger partial charge on any atom is -0.368 e. The summed E-state index contributed by atoms with van der Waals surface area (Å²) in [7, 11) is 0. The summed E-state index contributed by atoms with van der Waals surface area (Å²) < 4.78 is 0. The van der Waals surface area contributed by atoms with Gasteiger partial charge in [0.1, 0.15) is 6.04 Å². The molecule has 1 heterocycles. The zero-order chi connectivity index (χ0) is 9.84. The summed E-state index contributed by atoms with van der Waals surface area (Å²) >= 11 is 4.03. The van der Waals surface area contributed by atoms with Gasteiger partial charge >= 0.3 is 0 Å². The van der Waals surface area contributed by atoms with E-state index in [9.17, 15) is 9.59 Å². The highest BCUT2D eigenvalue weighted by Gasteiger charge is 2.30. The SMILES string of the molecule is NC(=O)[C@@H](CCS)N1CCCC1=O. The zero-order valence-corrected chi connectivity index (χ0v) is 8.30. The van der Waals surface area contributed by atoms with E-state index in [0.717, 1.165) is 6.42 Å². The van der Waals surface area contributed by atoms with E-state index in [4.69, 9.17) is 5.73 Å². The first kappa shape index (κ1) is 10.4. The Balaban J connectivity index is 2.63. The number of hydrogen-bond acceptors (Lipinski definition) is 3. The molecule has 1 atom stereocenters. The van der Waals surface area contributed by atoms with Gasteiger partial charge in [-0.15, -0.1) is 0 Å². The minimum absolute atomic E-state index is 0.0329. The molecular weight excluding hydrogens is 188 g/mol. The monoisotopic (exact) mass is 202 g/mol. The zero-order valence-electron chi connectivity index (χ0n) is 7.40. The van der Waals surface area contributed by atoms with Gasteiger partial charge in [0.05, 0.1) is 0 Å². The molecule has 1 fully saturated rings. The van der Waals surface area contributed by atoms with Crippen molar-refractivity contribution in [1.82, 2.24) is 4.90 Å². The van der Waals surface area contributed by atoms with Crippen LogP contribution in [0.2, 0.25) is 0 Å². The van der Waals surface area contributed by atoms with Gasteiger partial charge in [-0.25, -0.2) is 0 Å². The second-order valence-corrected chi connectivity index (χ2v) is 3.57. The van der Waals surface area contributed by atoms with Crippen LogP contribution in [0.5, 0.6) is 0 Å². The van der Waals surface area contributed by atoms with Crippen molar-refractivity contribution in [1.29, 1.82) is 0 Å². The lowest BCUT2D eigenvalue weighted by molar-refractivity contribution is -0.136. The van der Waals surface area contributed by atoms with Gasteiger partial charge in [-0.2, -0.15) is 12.6 Å². The Bertz CT molecular complexity index is 220. The molecule has 0 saturated carbocycles. The lowest BCUT2D eigenvalue weighted by Crippen LogP contribution is -2.45. The molecule has 0 spiro atoms. The standard InChI is InChI=1S/C8H14N2O2S/c9-8(12)6(3-5-13)10-4-1-2-7(10)11/h6,13H,1-5H2,(H2,9,12)/t6-/m1/s1. The van der Waals surface area contributed by atoms with Crippen LogP contribution in [0.25, 0.3) is 0 Å².